The van der Waals surface area contributed by atoms with Crippen LogP contribution in [-0.2, 0) is 14.2 Å². The van der Waals surface area contributed by atoms with Crippen molar-refractivity contribution in [2.75, 3.05) is 0 Å². The van der Waals surface area contributed by atoms with Crippen LogP contribution in [0.4, 0.5) is 0 Å². The predicted molar refractivity (Wildman–Crippen MR) is 32.1 cm³/mol. The summed E-state index contributed by atoms with van der Waals surface area (Å²) >= 11 is 0. The van der Waals surface area contributed by atoms with Gasteiger partial charge in [0.05, 0.1) is 6.42 Å². The summed E-state index contributed by atoms with van der Waals surface area (Å²) in [6.45, 7) is 0. The number of carbonyl (C=O) groups is 2. The zero-order valence-electron chi connectivity index (χ0n) is 5.11. The van der Waals surface area contributed by atoms with Gasteiger partial charge in [0.15, 0.2) is 0 Å². The summed E-state index contributed by atoms with van der Waals surface area (Å²) in [6, 6.07) is -1.18. The molecule has 54 valence electrons. The molecule has 0 aromatic carbocycles. The van der Waals surface area contributed by atoms with Crippen molar-refractivity contribution in [1.82, 2.24) is 0 Å². The van der Waals surface area contributed by atoms with E-state index >= 15 is 0 Å². The third-order valence-corrected chi connectivity index (χ3v) is 0.813. The van der Waals surface area contributed by atoms with Crippen LogP contribution in [-0.4, -0.2) is 31.1 Å². The normalized spacial score (nSPS) is 12.1. The molecule has 0 aliphatic carbocycles. The van der Waals surface area contributed by atoms with Crippen LogP contribution >= 0.6 is 0 Å². The van der Waals surface area contributed by atoms with E-state index in [1.807, 2.05) is 0 Å². The summed E-state index contributed by atoms with van der Waals surface area (Å²) in [5.74, 6) is -2.10. The van der Waals surface area contributed by atoms with Crippen molar-refractivity contribution < 1.29 is 19.3 Å². The lowest BCUT2D eigenvalue weighted by Gasteiger charge is -2.04. The minimum absolute atomic E-state index is 0.476. The second kappa shape index (κ2) is 3.89. The van der Waals surface area contributed by atoms with Gasteiger partial charge in [-0.2, -0.15) is 0 Å². The topological polar surface area (TPSA) is 89.6 Å². The van der Waals surface area contributed by atoms with E-state index in [2.05, 4.69) is 12.7 Å². The molecule has 0 bridgehead atoms. The number of carboxylic acid groups (broad SMARTS) is 1. The summed E-state index contributed by atoms with van der Waals surface area (Å²) in [4.78, 5) is 20.2. The van der Waals surface area contributed by atoms with Gasteiger partial charge < -0.3 is 15.5 Å². The zero-order valence-corrected chi connectivity index (χ0v) is 5.11. The number of hydrogen-bond donors (Lipinski definition) is 2. The van der Waals surface area contributed by atoms with Crippen molar-refractivity contribution in [2.45, 2.75) is 12.5 Å². The molecule has 0 rings (SSSR count). The molecule has 1 atom stereocenters. The van der Waals surface area contributed by atoms with Crippen LogP contribution in [0.25, 0.3) is 0 Å². The third-order valence-electron chi connectivity index (χ3n) is 0.813. The fourth-order valence-corrected chi connectivity index (χ4v) is 0.359. The average Bonchev–Trinajstić information content (AvgIpc) is 1.85. The maximum Gasteiger partial charge on any atom is 0.378 e. The van der Waals surface area contributed by atoms with Crippen LogP contribution in [0.1, 0.15) is 6.42 Å². The van der Waals surface area contributed by atoms with Gasteiger partial charge >= 0.3 is 20.0 Å². The molecule has 6 heteroatoms. The van der Waals surface area contributed by atoms with Crippen LogP contribution in [0.3, 0.4) is 0 Å². The van der Waals surface area contributed by atoms with Crippen LogP contribution in [0.2, 0.25) is 0 Å². The number of rotatable bonds is 3. The van der Waals surface area contributed by atoms with Crippen molar-refractivity contribution in [1.29, 1.82) is 0 Å². The van der Waals surface area contributed by atoms with Gasteiger partial charge in [0.25, 0.3) is 0 Å². The molecule has 0 heterocycles. The Kier molecular flexibility index (Phi) is 3.49. The predicted octanol–water partition coefficient (Wildman–Crippen LogP) is -1.58. The smallest absolute Gasteiger partial charge is 0.378 e. The third kappa shape index (κ3) is 3.08. The standard InChI is InChI=1S/C4H6BNO4/c5-10-4(9)2(6)1-3(7)8/h2H,1,6H2,(H,7,8)/t2-/m0/s1. The Hall–Kier alpha value is -1.04. The van der Waals surface area contributed by atoms with Gasteiger partial charge in [-0.25, -0.2) is 0 Å². The maximum absolute atomic E-state index is 10.3. The molecule has 0 amide bonds. The summed E-state index contributed by atoms with van der Waals surface area (Å²) < 4.78 is 3.69. The highest BCUT2D eigenvalue weighted by Gasteiger charge is 2.16. The number of carboxylic acids is 1. The zero-order chi connectivity index (χ0) is 8.15. The molecule has 0 saturated carbocycles. The maximum atomic E-state index is 10.3. The van der Waals surface area contributed by atoms with Crippen LogP contribution in [0.5, 0.6) is 0 Å². The molecule has 5 nitrogen and oxygen atoms in total. The Labute approximate surface area is 58.6 Å². The van der Waals surface area contributed by atoms with Gasteiger partial charge in [0, 0.05) is 0 Å². The first-order chi connectivity index (χ1) is 4.57. The number of hydrogen-bond acceptors (Lipinski definition) is 4. The van der Waals surface area contributed by atoms with Crippen molar-refractivity contribution in [3.63, 3.8) is 0 Å². The molecule has 0 unspecified atom stereocenters. The Balaban J connectivity index is 3.72. The Morgan fingerprint density at radius 3 is 2.50 bits per heavy atom. The lowest BCUT2D eigenvalue weighted by Crippen LogP contribution is -2.33. The monoisotopic (exact) mass is 143 g/mol. The summed E-state index contributed by atoms with van der Waals surface area (Å²) in [6.07, 6.45) is -0.476. The second-order valence-electron chi connectivity index (χ2n) is 1.64. The molecule has 0 aliphatic rings. The molecule has 0 aromatic rings. The van der Waals surface area contributed by atoms with Gasteiger partial charge in [-0.15, -0.1) is 0 Å². The molecule has 0 fully saturated rings. The number of aliphatic carboxylic acids is 1. The molecular formula is C4H6BNO4. The van der Waals surface area contributed by atoms with Gasteiger partial charge in [-0.05, 0) is 0 Å². The van der Waals surface area contributed by atoms with E-state index in [4.69, 9.17) is 10.8 Å². The summed E-state index contributed by atoms with van der Waals surface area (Å²) in [5, 5.41) is 8.10. The quantitative estimate of drug-likeness (QED) is 0.465. The first-order valence-electron chi connectivity index (χ1n) is 2.46. The first kappa shape index (κ1) is 8.96. The second-order valence-corrected chi connectivity index (χ2v) is 1.64. The molecule has 0 aromatic heterocycles. The Bertz CT molecular complexity index is 148. The fourth-order valence-electron chi connectivity index (χ4n) is 0.359. The minimum atomic E-state index is -1.18. The van der Waals surface area contributed by atoms with E-state index < -0.39 is 24.4 Å². The van der Waals surface area contributed by atoms with Crippen LogP contribution in [0, 0.1) is 0 Å². The summed E-state index contributed by atoms with van der Waals surface area (Å²) in [7, 11) is 4.43. The molecular weight excluding hydrogens is 137 g/mol. The van der Waals surface area contributed by atoms with Crippen molar-refractivity contribution in [3.05, 3.63) is 0 Å². The molecule has 3 N–H and O–H groups in total. The highest BCUT2D eigenvalue weighted by molar-refractivity contribution is 6.06. The number of nitrogens with two attached hydrogens (primary N) is 1. The average molecular weight is 143 g/mol. The van der Waals surface area contributed by atoms with E-state index in [0.717, 1.165) is 0 Å². The highest BCUT2D eigenvalue weighted by atomic mass is 16.5. The van der Waals surface area contributed by atoms with E-state index in [1.54, 1.807) is 0 Å². The Morgan fingerprint density at radius 1 is 1.70 bits per heavy atom. The van der Waals surface area contributed by atoms with Gasteiger partial charge in [-0.3, -0.25) is 9.59 Å². The van der Waals surface area contributed by atoms with Gasteiger partial charge in [0.1, 0.15) is 6.04 Å². The van der Waals surface area contributed by atoms with Crippen molar-refractivity contribution in [3.8, 4) is 0 Å². The van der Waals surface area contributed by atoms with E-state index in [0.29, 0.717) is 0 Å². The fraction of sp³-hybridized carbons (Fsp3) is 0.500. The summed E-state index contributed by atoms with van der Waals surface area (Å²) in [5.41, 5.74) is 4.99. The minimum Gasteiger partial charge on any atom is -0.542 e. The first-order valence-corrected chi connectivity index (χ1v) is 2.46. The van der Waals surface area contributed by atoms with Crippen LogP contribution in [0.15, 0.2) is 0 Å². The molecule has 10 heavy (non-hydrogen) atoms. The lowest BCUT2D eigenvalue weighted by atomic mass is 10.2. The largest absolute Gasteiger partial charge is 0.542 e. The van der Waals surface area contributed by atoms with Crippen molar-refractivity contribution in [2.24, 2.45) is 5.73 Å². The lowest BCUT2D eigenvalue weighted by molar-refractivity contribution is -0.143. The number of carbonyl (C=O) groups excluding carboxylic acids is 1. The molecule has 0 aliphatic heterocycles. The van der Waals surface area contributed by atoms with Gasteiger partial charge in [0.2, 0.25) is 0 Å². The van der Waals surface area contributed by atoms with Gasteiger partial charge in [-0.1, -0.05) is 0 Å². The molecule has 2 radical (unpaired) electrons. The van der Waals surface area contributed by atoms with E-state index in [9.17, 15) is 9.59 Å². The SMILES string of the molecule is [B]OC(=O)[C@@H](N)CC(=O)O. The van der Waals surface area contributed by atoms with Crippen molar-refractivity contribution >= 4 is 20.0 Å². The molecule has 0 spiro atoms. The Morgan fingerprint density at radius 2 is 2.20 bits per heavy atom. The van der Waals surface area contributed by atoms with E-state index in [1.165, 1.54) is 0 Å². The highest BCUT2D eigenvalue weighted by Crippen LogP contribution is 1.89. The van der Waals surface area contributed by atoms with Crippen LogP contribution < -0.4 is 5.73 Å². The molecule has 0 saturated heterocycles. The van der Waals surface area contributed by atoms with E-state index in [-0.39, 0.29) is 0 Å².